The molecule has 0 atom stereocenters. The van der Waals surface area contributed by atoms with Gasteiger partial charge in [0.25, 0.3) is 5.78 Å². The normalized spacial score (nSPS) is 10.9. The Balaban J connectivity index is 2.00. The Hall–Kier alpha value is -2.51. The molecule has 3 rings (SSSR count). The van der Waals surface area contributed by atoms with Gasteiger partial charge in [0.2, 0.25) is 5.88 Å². The largest absolute Gasteiger partial charge is 0.437 e. The molecule has 23 heavy (non-hydrogen) atoms. The molecule has 8 heteroatoms. The lowest BCUT2D eigenvalue weighted by molar-refractivity contribution is 0.101. The standard InChI is InChI=1S/C15H13ClN4O3/c1-9(21)10-3-4-13(12(16)5-10)23-14-6-11(7-22-2)19-15-17-8-18-20(14)15/h3-6,8H,7H2,1-2H3. The monoisotopic (exact) mass is 332 g/mol. The van der Waals surface area contributed by atoms with Gasteiger partial charge in [-0.2, -0.15) is 14.6 Å². The molecule has 0 bridgehead atoms. The minimum Gasteiger partial charge on any atom is -0.437 e. The Bertz CT molecular complexity index is 878. The molecular formula is C15H13ClN4O3. The van der Waals surface area contributed by atoms with Crippen LogP contribution in [0.4, 0.5) is 0 Å². The van der Waals surface area contributed by atoms with Crippen molar-refractivity contribution in [1.82, 2.24) is 19.6 Å². The first-order chi connectivity index (χ1) is 11.1. The van der Waals surface area contributed by atoms with Gasteiger partial charge in [-0.1, -0.05) is 11.6 Å². The van der Waals surface area contributed by atoms with Crippen LogP contribution in [-0.4, -0.2) is 32.5 Å². The molecule has 2 heterocycles. The van der Waals surface area contributed by atoms with E-state index in [4.69, 9.17) is 21.1 Å². The third-order valence-corrected chi connectivity index (χ3v) is 3.41. The molecule has 7 nitrogen and oxygen atoms in total. The van der Waals surface area contributed by atoms with Gasteiger partial charge in [-0.25, -0.2) is 4.98 Å². The van der Waals surface area contributed by atoms with Crippen LogP contribution in [0.1, 0.15) is 23.0 Å². The zero-order valence-corrected chi connectivity index (χ0v) is 13.2. The fourth-order valence-electron chi connectivity index (χ4n) is 2.04. The predicted octanol–water partition coefficient (Wildman–Crippen LogP) is 2.92. The molecular weight excluding hydrogens is 320 g/mol. The van der Waals surface area contributed by atoms with Crippen LogP contribution in [-0.2, 0) is 11.3 Å². The maximum atomic E-state index is 11.4. The van der Waals surface area contributed by atoms with Gasteiger partial charge >= 0.3 is 0 Å². The maximum absolute atomic E-state index is 11.4. The summed E-state index contributed by atoms with van der Waals surface area (Å²) in [6.07, 6.45) is 1.38. The first-order valence-corrected chi connectivity index (χ1v) is 7.13. The number of Topliss-reactive ketones (excluding diaryl/α,β-unsaturated/α-hetero) is 1. The van der Waals surface area contributed by atoms with E-state index < -0.39 is 0 Å². The van der Waals surface area contributed by atoms with Crippen molar-refractivity contribution >= 4 is 23.2 Å². The summed E-state index contributed by atoms with van der Waals surface area (Å²) in [5.74, 6) is 1.13. The summed E-state index contributed by atoms with van der Waals surface area (Å²) in [6.45, 7) is 1.79. The number of ether oxygens (including phenoxy) is 2. The molecule has 1 aromatic carbocycles. The fraction of sp³-hybridized carbons (Fsp3) is 0.200. The maximum Gasteiger partial charge on any atom is 0.255 e. The zero-order valence-electron chi connectivity index (χ0n) is 12.5. The topological polar surface area (TPSA) is 78.6 Å². The van der Waals surface area contributed by atoms with Crippen molar-refractivity contribution in [2.75, 3.05) is 7.11 Å². The van der Waals surface area contributed by atoms with Crippen LogP contribution >= 0.6 is 11.6 Å². The fourth-order valence-corrected chi connectivity index (χ4v) is 2.26. The van der Waals surface area contributed by atoms with E-state index in [-0.39, 0.29) is 5.78 Å². The Morgan fingerprint density at radius 3 is 2.87 bits per heavy atom. The molecule has 0 N–H and O–H groups in total. The number of hydrogen-bond donors (Lipinski definition) is 0. The lowest BCUT2D eigenvalue weighted by Gasteiger charge is -2.10. The van der Waals surface area contributed by atoms with Crippen LogP contribution < -0.4 is 4.74 Å². The molecule has 0 saturated carbocycles. The Morgan fingerprint density at radius 1 is 1.35 bits per heavy atom. The number of aromatic nitrogens is 4. The number of methoxy groups -OCH3 is 1. The van der Waals surface area contributed by atoms with E-state index in [1.54, 1.807) is 31.4 Å². The van der Waals surface area contributed by atoms with E-state index >= 15 is 0 Å². The van der Waals surface area contributed by atoms with Gasteiger partial charge in [0.05, 0.1) is 17.3 Å². The minimum atomic E-state index is -0.0663. The predicted molar refractivity (Wildman–Crippen MR) is 83.0 cm³/mol. The van der Waals surface area contributed by atoms with Crippen molar-refractivity contribution in [2.24, 2.45) is 0 Å². The second-order valence-corrected chi connectivity index (χ2v) is 5.20. The zero-order chi connectivity index (χ0) is 16.4. The molecule has 0 aliphatic carbocycles. The SMILES string of the molecule is COCc1cc(Oc2ccc(C(C)=O)cc2Cl)n2ncnc2n1. The molecule has 0 spiro atoms. The van der Waals surface area contributed by atoms with Crippen LogP contribution in [0.5, 0.6) is 11.6 Å². The number of ketones is 1. The number of benzene rings is 1. The van der Waals surface area contributed by atoms with E-state index in [0.717, 1.165) is 0 Å². The highest BCUT2D eigenvalue weighted by molar-refractivity contribution is 6.32. The van der Waals surface area contributed by atoms with Crippen molar-refractivity contribution in [3.8, 4) is 11.6 Å². The van der Waals surface area contributed by atoms with Crippen LogP contribution in [0, 0.1) is 0 Å². The summed E-state index contributed by atoms with van der Waals surface area (Å²) < 4.78 is 12.4. The number of halogens is 1. The molecule has 0 amide bonds. The first-order valence-electron chi connectivity index (χ1n) is 6.75. The highest BCUT2D eigenvalue weighted by Crippen LogP contribution is 2.30. The van der Waals surface area contributed by atoms with E-state index in [9.17, 15) is 4.79 Å². The highest BCUT2D eigenvalue weighted by Gasteiger charge is 2.12. The second kappa shape index (κ2) is 6.31. The first kappa shape index (κ1) is 15.4. The summed E-state index contributed by atoms with van der Waals surface area (Å²) in [5, 5.41) is 4.40. The molecule has 0 unspecified atom stereocenters. The molecule has 2 aromatic heterocycles. The van der Waals surface area contributed by atoms with Gasteiger partial charge < -0.3 is 9.47 Å². The molecule has 0 saturated heterocycles. The summed E-state index contributed by atoms with van der Waals surface area (Å²) in [6, 6.07) is 6.55. The number of fused-ring (bicyclic) bond motifs is 1. The van der Waals surface area contributed by atoms with Gasteiger partial charge in [-0.3, -0.25) is 4.79 Å². The third-order valence-electron chi connectivity index (χ3n) is 3.12. The molecule has 118 valence electrons. The molecule has 0 aliphatic heterocycles. The summed E-state index contributed by atoms with van der Waals surface area (Å²) >= 11 is 6.19. The van der Waals surface area contributed by atoms with Crippen molar-refractivity contribution in [3.05, 3.63) is 46.9 Å². The number of rotatable bonds is 5. The second-order valence-electron chi connectivity index (χ2n) is 4.79. The van der Waals surface area contributed by atoms with Crippen molar-refractivity contribution < 1.29 is 14.3 Å². The minimum absolute atomic E-state index is 0.0663. The van der Waals surface area contributed by atoms with Crippen molar-refractivity contribution in [1.29, 1.82) is 0 Å². The number of nitrogens with zero attached hydrogens (tertiary/aromatic N) is 4. The van der Waals surface area contributed by atoms with Crippen LogP contribution in [0.25, 0.3) is 5.78 Å². The van der Waals surface area contributed by atoms with Gasteiger partial charge in [0.15, 0.2) is 5.78 Å². The lowest BCUT2D eigenvalue weighted by atomic mass is 10.1. The van der Waals surface area contributed by atoms with Crippen LogP contribution in [0.2, 0.25) is 5.02 Å². The van der Waals surface area contributed by atoms with Crippen LogP contribution in [0.3, 0.4) is 0 Å². The number of carbonyl (C=O) groups excluding carboxylic acids is 1. The van der Waals surface area contributed by atoms with Gasteiger partial charge in [-0.15, -0.1) is 0 Å². The van der Waals surface area contributed by atoms with Gasteiger partial charge in [0, 0.05) is 18.7 Å². The lowest BCUT2D eigenvalue weighted by Crippen LogP contribution is -2.02. The summed E-state index contributed by atoms with van der Waals surface area (Å²) in [7, 11) is 1.58. The van der Waals surface area contributed by atoms with Gasteiger partial charge in [0.1, 0.15) is 12.1 Å². The van der Waals surface area contributed by atoms with Crippen LogP contribution in [0.15, 0.2) is 30.6 Å². The highest BCUT2D eigenvalue weighted by atomic mass is 35.5. The van der Waals surface area contributed by atoms with E-state index in [1.165, 1.54) is 17.8 Å². The summed E-state index contributed by atoms with van der Waals surface area (Å²) in [5.41, 5.74) is 1.17. The molecule has 0 radical (unpaired) electrons. The van der Waals surface area contributed by atoms with E-state index in [0.29, 0.717) is 40.3 Å². The van der Waals surface area contributed by atoms with E-state index in [1.807, 2.05) is 0 Å². The Morgan fingerprint density at radius 2 is 2.17 bits per heavy atom. The average Bonchev–Trinajstić information content (AvgIpc) is 2.98. The molecule has 0 aliphatic rings. The smallest absolute Gasteiger partial charge is 0.255 e. The number of carbonyl (C=O) groups is 1. The average molecular weight is 333 g/mol. The third kappa shape index (κ3) is 3.15. The Labute approximate surface area is 136 Å². The Kier molecular flexibility index (Phi) is 4.22. The van der Waals surface area contributed by atoms with Gasteiger partial charge in [-0.05, 0) is 25.1 Å². The van der Waals surface area contributed by atoms with E-state index in [2.05, 4.69) is 15.1 Å². The van der Waals surface area contributed by atoms with Crippen molar-refractivity contribution in [2.45, 2.75) is 13.5 Å². The molecule has 0 fully saturated rings. The number of hydrogen-bond acceptors (Lipinski definition) is 6. The van der Waals surface area contributed by atoms with Crippen molar-refractivity contribution in [3.63, 3.8) is 0 Å². The summed E-state index contributed by atoms with van der Waals surface area (Å²) in [4.78, 5) is 19.7. The quantitative estimate of drug-likeness (QED) is 0.668. The molecule has 3 aromatic rings.